The lowest BCUT2D eigenvalue weighted by molar-refractivity contribution is 0.102. The number of sulfone groups is 1. The Morgan fingerprint density at radius 1 is 1.00 bits per heavy atom. The van der Waals surface area contributed by atoms with E-state index >= 15 is 0 Å². The lowest BCUT2D eigenvalue weighted by Gasteiger charge is -2.16. The minimum Gasteiger partial charge on any atom is -0.493 e. The van der Waals surface area contributed by atoms with Crippen molar-refractivity contribution in [2.45, 2.75) is 12.1 Å². The van der Waals surface area contributed by atoms with E-state index in [1.807, 2.05) is 0 Å². The van der Waals surface area contributed by atoms with Crippen molar-refractivity contribution in [3.8, 4) is 11.5 Å². The molecule has 2 atom stereocenters. The third kappa shape index (κ3) is 4.55. The van der Waals surface area contributed by atoms with Crippen molar-refractivity contribution >= 4 is 27.1 Å². The summed E-state index contributed by atoms with van der Waals surface area (Å²) in [4.78, 5) is 12.4. The van der Waals surface area contributed by atoms with Crippen LogP contribution in [-0.2, 0) is 9.84 Å². The molecule has 2 aromatic rings. The van der Waals surface area contributed by atoms with Crippen LogP contribution < -0.4 is 20.1 Å². The quantitative estimate of drug-likeness (QED) is 0.666. The van der Waals surface area contributed by atoms with Gasteiger partial charge in [0.05, 0.1) is 37.9 Å². The van der Waals surface area contributed by atoms with Gasteiger partial charge in [-0.25, -0.2) is 8.42 Å². The van der Waals surface area contributed by atoms with Crippen LogP contribution in [0.1, 0.15) is 10.4 Å². The first-order chi connectivity index (χ1) is 13.3. The van der Waals surface area contributed by atoms with Crippen molar-refractivity contribution in [3.05, 3.63) is 48.0 Å². The zero-order chi connectivity index (χ0) is 20.3. The summed E-state index contributed by atoms with van der Waals surface area (Å²) in [7, 11) is -0.200. The van der Waals surface area contributed by atoms with Gasteiger partial charge in [0.2, 0.25) is 0 Å². The number of hydrogen-bond donors (Lipinski definition) is 3. The number of nitrogens with one attached hydrogen (secondary N) is 2. The third-order valence-corrected chi connectivity index (χ3v) is 6.18. The predicted molar refractivity (Wildman–Crippen MR) is 106 cm³/mol. The van der Waals surface area contributed by atoms with Crippen molar-refractivity contribution in [1.82, 2.24) is 0 Å². The van der Waals surface area contributed by atoms with E-state index in [2.05, 4.69) is 10.6 Å². The fraction of sp³-hybridized carbons (Fsp3) is 0.316. The lowest BCUT2D eigenvalue weighted by atomic mass is 10.1. The Hall–Kier alpha value is -2.78. The fourth-order valence-electron chi connectivity index (χ4n) is 3.01. The molecule has 28 heavy (non-hydrogen) atoms. The van der Waals surface area contributed by atoms with Gasteiger partial charge in [-0.15, -0.1) is 0 Å². The second kappa shape index (κ2) is 8.07. The van der Waals surface area contributed by atoms with Gasteiger partial charge >= 0.3 is 0 Å². The Morgan fingerprint density at radius 2 is 1.64 bits per heavy atom. The van der Waals surface area contributed by atoms with Crippen LogP contribution in [0.25, 0.3) is 0 Å². The Bertz CT molecular complexity index is 959. The standard InChI is InChI=1S/C19H22N2O6S/c1-26-17-8-3-12(9-18(17)27-2)19(23)21-14-6-4-13(5-7-14)20-15-10-28(24,25)11-16(15)22/h3-9,15-16,20,22H,10-11H2,1-2H3,(H,21,23)/t15-,16+/m0/s1. The van der Waals surface area contributed by atoms with Crippen LogP contribution in [0.2, 0.25) is 0 Å². The summed E-state index contributed by atoms with van der Waals surface area (Å²) in [5, 5.41) is 15.6. The summed E-state index contributed by atoms with van der Waals surface area (Å²) in [6.45, 7) is 0. The molecule has 9 heteroatoms. The zero-order valence-electron chi connectivity index (χ0n) is 15.5. The van der Waals surface area contributed by atoms with Gasteiger partial charge in [-0.2, -0.15) is 0 Å². The van der Waals surface area contributed by atoms with Crippen molar-refractivity contribution in [2.24, 2.45) is 0 Å². The number of anilines is 2. The number of carbonyl (C=O) groups excluding carboxylic acids is 1. The fourth-order valence-corrected chi connectivity index (χ4v) is 4.75. The molecule has 2 aromatic carbocycles. The number of aliphatic hydroxyl groups is 1. The van der Waals surface area contributed by atoms with Gasteiger partial charge in [0.15, 0.2) is 21.3 Å². The summed E-state index contributed by atoms with van der Waals surface area (Å²) in [5.41, 5.74) is 1.65. The van der Waals surface area contributed by atoms with Gasteiger partial charge < -0.3 is 25.2 Å². The van der Waals surface area contributed by atoms with Crippen molar-refractivity contribution in [2.75, 3.05) is 36.4 Å². The molecule has 1 amide bonds. The molecule has 3 rings (SSSR count). The highest BCUT2D eigenvalue weighted by Gasteiger charge is 2.36. The zero-order valence-corrected chi connectivity index (χ0v) is 16.3. The number of benzene rings is 2. The normalized spacial score (nSPS) is 20.4. The van der Waals surface area contributed by atoms with Gasteiger partial charge in [-0.3, -0.25) is 4.79 Å². The molecule has 1 fully saturated rings. The van der Waals surface area contributed by atoms with Gasteiger partial charge in [0.25, 0.3) is 5.91 Å². The Morgan fingerprint density at radius 3 is 2.21 bits per heavy atom. The highest BCUT2D eigenvalue weighted by Crippen LogP contribution is 2.28. The van der Waals surface area contributed by atoms with Crippen LogP contribution in [0.15, 0.2) is 42.5 Å². The number of ether oxygens (including phenoxy) is 2. The minimum atomic E-state index is -3.22. The number of rotatable bonds is 6. The van der Waals surface area contributed by atoms with Gasteiger partial charge in [0.1, 0.15) is 0 Å². The first-order valence-electron chi connectivity index (χ1n) is 8.60. The maximum Gasteiger partial charge on any atom is 0.255 e. The monoisotopic (exact) mass is 406 g/mol. The number of amides is 1. The van der Waals surface area contributed by atoms with E-state index in [4.69, 9.17) is 9.47 Å². The molecule has 1 aliphatic rings. The van der Waals surface area contributed by atoms with E-state index in [1.54, 1.807) is 42.5 Å². The molecule has 0 saturated carbocycles. The molecule has 0 aromatic heterocycles. The molecule has 0 radical (unpaired) electrons. The van der Waals surface area contributed by atoms with E-state index in [-0.39, 0.29) is 17.4 Å². The van der Waals surface area contributed by atoms with Crippen LogP contribution in [0.4, 0.5) is 11.4 Å². The topological polar surface area (TPSA) is 114 Å². The highest BCUT2D eigenvalue weighted by molar-refractivity contribution is 7.91. The molecule has 3 N–H and O–H groups in total. The lowest BCUT2D eigenvalue weighted by Crippen LogP contribution is -2.31. The van der Waals surface area contributed by atoms with Crippen molar-refractivity contribution < 1.29 is 27.8 Å². The predicted octanol–water partition coefficient (Wildman–Crippen LogP) is 1.53. The maximum atomic E-state index is 12.4. The van der Waals surface area contributed by atoms with E-state index in [9.17, 15) is 18.3 Å². The molecular weight excluding hydrogens is 384 g/mol. The second-order valence-corrected chi connectivity index (χ2v) is 8.65. The Balaban J connectivity index is 1.65. The summed E-state index contributed by atoms with van der Waals surface area (Å²) in [5.74, 6) is 0.347. The first-order valence-corrected chi connectivity index (χ1v) is 10.4. The van der Waals surface area contributed by atoms with E-state index in [0.29, 0.717) is 28.4 Å². The maximum absolute atomic E-state index is 12.4. The largest absolute Gasteiger partial charge is 0.493 e. The van der Waals surface area contributed by atoms with Crippen LogP contribution in [-0.4, -0.2) is 57.3 Å². The summed E-state index contributed by atoms with van der Waals surface area (Å²) in [6, 6.07) is 11.1. The number of carbonyl (C=O) groups is 1. The summed E-state index contributed by atoms with van der Waals surface area (Å²) < 4.78 is 33.5. The van der Waals surface area contributed by atoms with E-state index in [0.717, 1.165) is 0 Å². The molecule has 0 bridgehead atoms. The Labute approximate surface area is 163 Å². The average Bonchev–Trinajstić information content (AvgIpc) is 2.93. The molecule has 8 nitrogen and oxygen atoms in total. The van der Waals surface area contributed by atoms with E-state index < -0.39 is 22.0 Å². The molecule has 1 aliphatic heterocycles. The summed E-state index contributed by atoms with van der Waals surface area (Å²) in [6.07, 6.45) is -0.936. The SMILES string of the molecule is COc1ccc(C(=O)Nc2ccc(N[C@H]3CS(=O)(=O)C[C@H]3O)cc2)cc1OC. The van der Waals surface area contributed by atoms with Crippen LogP contribution in [0.3, 0.4) is 0 Å². The van der Waals surface area contributed by atoms with Crippen molar-refractivity contribution in [3.63, 3.8) is 0 Å². The second-order valence-electron chi connectivity index (χ2n) is 6.50. The van der Waals surface area contributed by atoms with Crippen LogP contribution >= 0.6 is 0 Å². The minimum absolute atomic E-state index is 0.105. The number of aliphatic hydroxyl groups excluding tert-OH is 1. The molecule has 0 aliphatic carbocycles. The first kappa shape index (κ1) is 20.0. The molecule has 0 spiro atoms. The highest BCUT2D eigenvalue weighted by atomic mass is 32.2. The molecule has 0 unspecified atom stereocenters. The van der Waals surface area contributed by atoms with Gasteiger partial charge in [0, 0.05) is 16.9 Å². The van der Waals surface area contributed by atoms with E-state index in [1.165, 1.54) is 14.2 Å². The molecule has 1 saturated heterocycles. The van der Waals surface area contributed by atoms with Crippen molar-refractivity contribution in [1.29, 1.82) is 0 Å². The smallest absolute Gasteiger partial charge is 0.255 e. The molecule has 150 valence electrons. The average molecular weight is 406 g/mol. The summed E-state index contributed by atoms with van der Waals surface area (Å²) >= 11 is 0. The van der Waals surface area contributed by atoms with Crippen LogP contribution in [0.5, 0.6) is 11.5 Å². The molecule has 1 heterocycles. The van der Waals surface area contributed by atoms with Gasteiger partial charge in [-0.05, 0) is 42.5 Å². The Kier molecular flexibility index (Phi) is 5.76. The molecular formula is C19H22N2O6S. The number of methoxy groups -OCH3 is 2. The van der Waals surface area contributed by atoms with Crippen LogP contribution in [0, 0.1) is 0 Å². The number of hydrogen-bond acceptors (Lipinski definition) is 7. The van der Waals surface area contributed by atoms with Gasteiger partial charge in [-0.1, -0.05) is 0 Å². The third-order valence-electron chi connectivity index (χ3n) is 4.46.